The third kappa shape index (κ3) is 3.51. The smallest absolute Gasteiger partial charge is 0.247 e. The van der Waals surface area contributed by atoms with Crippen molar-refractivity contribution in [2.45, 2.75) is 45.1 Å². The first-order chi connectivity index (χ1) is 12.6. The highest BCUT2D eigenvalue weighted by Crippen LogP contribution is 2.31. The number of nitrogens with zero attached hydrogens (tertiary/aromatic N) is 4. The van der Waals surface area contributed by atoms with Crippen molar-refractivity contribution in [2.24, 2.45) is 0 Å². The van der Waals surface area contributed by atoms with Crippen LogP contribution in [-0.4, -0.2) is 58.1 Å². The predicted octanol–water partition coefficient (Wildman–Crippen LogP) is 2.85. The number of likely N-dealkylation sites (tertiary alicyclic amines) is 2. The van der Waals surface area contributed by atoms with E-state index >= 15 is 0 Å². The average Bonchev–Trinajstić information content (AvgIpc) is 3.32. The van der Waals surface area contributed by atoms with Gasteiger partial charge in [-0.2, -0.15) is 0 Å². The van der Waals surface area contributed by atoms with Gasteiger partial charge in [-0.25, -0.2) is 0 Å². The van der Waals surface area contributed by atoms with Gasteiger partial charge < -0.3 is 9.32 Å². The Morgan fingerprint density at radius 2 is 1.81 bits per heavy atom. The van der Waals surface area contributed by atoms with Crippen LogP contribution in [0.4, 0.5) is 0 Å². The Bertz CT molecular complexity index is 762. The molecule has 6 heteroatoms. The first-order valence-corrected chi connectivity index (χ1v) is 9.50. The zero-order valence-electron chi connectivity index (χ0n) is 15.5. The Morgan fingerprint density at radius 1 is 1.08 bits per heavy atom. The van der Waals surface area contributed by atoms with Crippen molar-refractivity contribution in [1.82, 2.24) is 20.0 Å². The summed E-state index contributed by atoms with van der Waals surface area (Å²) in [7, 11) is 0. The van der Waals surface area contributed by atoms with E-state index in [-0.39, 0.29) is 5.91 Å². The molecule has 2 fully saturated rings. The summed E-state index contributed by atoms with van der Waals surface area (Å²) >= 11 is 0. The van der Waals surface area contributed by atoms with Crippen molar-refractivity contribution < 1.29 is 9.21 Å². The molecule has 2 aromatic rings. The van der Waals surface area contributed by atoms with E-state index in [1.807, 2.05) is 17.0 Å². The summed E-state index contributed by atoms with van der Waals surface area (Å²) in [5.41, 5.74) is 2.19. The predicted molar refractivity (Wildman–Crippen MR) is 98.7 cm³/mol. The molecule has 1 aromatic carbocycles. The van der Waals surface area contributed by atoms with E-state index in [1.165, 1.54) is 5.56 Å². The number of benzene rings is 1. The number of hydrogen-bond donors (Lipinski definition) is 0. The van der Waals surface area contributed by atoms with Gasteiger partial charge >= 0.3 is 0 Å². The van der Waals surface area contributed by atoms with Gasteiger partial charge in [-0.05, 0) is 44.9 Å². The molecule has 1 aromatic heterocycles. The van der Waals surface area contributed by atoms with Crippen molar-refractivity contribution in [3.63, 3.8) is 0 Å². The summed E-state index contributed by atoms with van der Waals surface area (Å²) in [6, 6.07) is 8.73. The summed E-state index contributed by atoms with van der Waals surface area (Å²) in [6.07, 6.45) is 3.18. The highest BCUT2D eigenvalue weighted by molar-refractivity contribution is 5.73. The van der Waals surface area contributed by atoms with Crippen LogP contribution in [-0.2, 0) is 4.79 Å². The second kappa shape index (κ2) is 7.19. The van der Waals surface area contributed by atoms with E-state index in [2.05, 4.69) is 34.2 Å². The van der Waals surface area contributed by atoms with Crippen molar-refractivity contribution in [3.8, 4) is 11.5 Å². The number of rotatable bonds is 3. The minimum absolute atomic E-state index is 0.192. The number of hydrogen-bond acceptors (Lipinski definition) is 5. The fourth-order valence-electron chi connectivity index (χ4n) is 4.08. The van der Waals surface area contributed by atoms with E-state index in [9.17, 15) is 4.79 Å². The molecule has 4 rings (SSSR count). The van der Waals surface area contributed by atoms with Crippen molar-refractivity contribution in [1.29, 1.82) is 0 Å². The summed E-state index contributed by atoms with van der Waals surface area (Å²) in [5, 5.41) is 8.56. The molecule has 0 spiro atoms. The molecule has 0 bridgehead atoms. The van der Waals surface area contributed by atoms with Crippen LogP contribution in [0.2, 0.25) is 0 Å². The van der Waals surface area contributed by atoms with Gasteiger partial charge in [0.1, 0.15) is 0 Å². The third-order valence-corrected chi connectivity index (χ3v) is 5.73. The highest BCUT2D eigenvalue weighted by atomic mass is 16.4. The molecule has 3 heterocycles. The Labute approximate surface area is 154 Å². The molecule has 2 saturated heterocycles. The normalized spacial score (nSPS) is 22.1. The van der Waals surface area contributed by atoms with E-state index < -0.39 is 0 Å². The lowest BCUT2D eigenvalue weighted by molar-refractivity contribution is -0.130. The molecule has 0 aliphatic carbocycles. The van der Waals surface area contributed by atoms with Gasteiger partial charge in [0.2, 0.25) is 17.7 Å². The number of aromatic nitrogens is 2. The maximum Gasteiger partial charge on any atom is 0.247 e. The van der Waals surface area contributed by atoms with Crippen LogP contribution in [0.1, 0.15) is 43.6 Å². The minimum Gasteiger partial charge on any atom is -0.420 e. The highest BCUT2D eigenvalue weighted by Gasteiger charge is 2.34. The van der Waals surface area contributed by atoms with Crippen LogP contribution in [0.3, 0.4) is 0 Å². The lowest BCUT2D eigenvalue weighted by Crippen LogP contribution is -2.45. The zero-order valence-corrected chi connectivity index (χ0v) is 15.5. The second-order valence-electron chi connectivity index (χ2n) is 7.53. The Hall–Kier alpha value is -2.21. The van der Waals surface area contributed by atoms with Crippen molar-refractivity contribution in [3.05, 3.63) is 35.7 Å². The molecule has 0 N–H and O–H groups in total. The first kappa shape index (κ1) is 17.2. The van der Waals surface area contributed by atoms with E-state index in [1.54, 1.807) is 6.92 Å². The molecule has 0 unspecified atom stereocenters. The summed E-state index contributed by atoms with van der Waals surface area (Å²) < 4.78 is 5.98. The number of carbonyl (C=O) groups is 1. The molecular formula is C20H26N4O2. The largest absolute Gasteiger partial charge is 0.420 e. The standard InChI is InChI=1S/C20H26N4O2/c1-14-3-5-16(6-4-14)19-21-22-20(26-19)17-7-10-24(13-17)18-8-11-23(12-9-18)15(2)25/h3-6,17-18H,7-13H2,1-2H3/t17-/m0/s1. The van der Waals surface area contributed by atoms with Crippen molar-refractivity contribution in [2.75, 3.05) is 26.2 Å². The van der Waals surface area contributed by atoms with Crippen LogP contribution in [0, 0.1) is 6.92 Å². The van der Waals surface area contributed by atoms with Crippen molar-refractivity contribution >= 4 is 5.91 Å². The van der Waals surface area contributed by atoms with Crippen LogP contribution in [0.5, 0.6) is 0 Å². The topological polar surface area (TPSA) is 62.5 Å². The molecule has 0 radical (unpaired) electrons. The minimum atomic E-state index is 0.192. The number of carbonyl (C=O) groups excluding carboxylic acids is 1. The molecular weight excluding hydrogens is 328 g/mol. The maximum absolute atomic E-state index is 11.5. The number of piperidine rings is 1. The lowest BCUT2D eigenvalue weighted by atomic mass is 10.0. The Kier molecular flexibility index (Phi) is 4.76. The van der Waals surface area contributed by atoms with E-state index in [0.29, 0.717) is 17.9 Å². The molecule has 6 nitrogen and oxygen atoms in total. The molecule has 138 valence electrons. The van der Waals surface area contributed by atoms with Crippen LogP contribution >= 0.6 is 0 Å². The number of amides is 1. The number of aryl methyl sites for hydroxylation is 1. The zero-order chi connectivity index (χ0) is 18.1. The molecule has 1 atom stereocenters. The SMILES string of the molecule is CC(=O)N1CCC(N2CC[C@H](c3nnc(-c4ccc(C)cc4)o3)C2)CC1. The van der Waals surface area contributed by atoms with E-state index in [0.717, 1.165) is 56.9 Å². The van der Waals surface area contributed by atoms with Gasteiger partial charge in [-0.1, -0.05) is 17.7 Å². The van der Waals surface area contributed by atoms with Gasteiger partial charge in [-0.3, -0.25) is 9.69 Å². The quantitative estimate of drug-likeness (QED) is 0.848. The fraction of sp³-hybridized carbons (Fsp3) is 0.550. The van der Waals surface area contributed by atoms with Gasteiger partial charge in [-0.15, -0.1) is 10.2 Å². The van der Waals surface area contributed by atoms with Crippen LogP contribution < -0.4 is 0 Å². The lowest BCUT2D eigenvalue weighted by Gasteiger charge is -2.36. The fourth-order valence-corrected chi connectivity index (χ4v) is 4.08. The molecule has 26 heavy (non-hydrogen) atoms. The molecule has 1 amide bonds. The molecule has 2 aliphatic rings. The van der Waals surface area contributed by atoms with Gasteiger partial charge in [0.15, 0.2) is 0 Å². The van der Waals surface area contributed by atoms with Crippen LogP contribution in [0.25, 0.3) is 11.5 Å². The monoisotopic (exact) mass is 354 g/mol. The third-order valence-electron chi connectivity index (χ3n) is 5.73. The maximum atomic E-state index is 11.5. The van der Waals surface area contributed by atoms with E-state index in [4.69, 9.17) is 4.42 Å². The summed E-state index contributed by atoms with van der Waals surface area (Å²) in [5.74, 6) is 1.86. The Balaban J connectivity index is 1.37. The van der Waals surface area contributed by atoms with Gasteiger partial charge in [0, 0.05) is 38.2 Å². The van der Waals surface area contributed by atoms with Gasteiger partial charge in [0.25, 0.3) is 0 Å². The van der Waals surface area contributed by atoms with Gasteiger partial charge in [0.05, 0.1) is 5.92 Å². The summed E-state index contributed by atoms with van der Waals surface area (Å²) in [6.45, 7) is 7.51. The molecule has 2 aliphatic heterocycles. The Morgan fingerprint density at radius 3 is 2.50 bits per heavy atom. The second-order valence-corrected chi connectivity index (χ2v) is 7.53. The first-order valence-electron chi connectivity index (χ1n) is 9.50. The summed E-state index contributed by atoms with van der Waals surface area (Å²) in [4.78, 5) is 16.0. The van der Waals surface area contributed by atoms with Crippen LogP contribution in [0.15, 0.2) is 28.7 Å². The average molecular weight is 354 g/mol. The molecule has 0 saturated carbocycles.